The number of rotatable bonds is 6. The van der Waals surface area contributed by atoms with E-state index in [1.165, 1.54) is 0 Å². The first-order valence-electron chi connectivity index (χ1n) is 5.81. The Labute approximate surface area is 112 Å². The maximum absolute atomic E-state index is 12.1. The number of nitrogens with two attached hydrogens (primary N) is 1. The molecule has 0 aliphatic rings. The molecule has 0 aromatic carbocycles. The van der Waals surface area contributed by atoms with Gasteiger partial charge in [-0.25, -0.2) is 0 Å². The SMILES string of the molecule is CSCCC(C)NC(=O)c1cnc(C)cc1NN. The molecule has 0 radical (unpaired) electrons. The summed E-state index contributed by atoms with van der Waals surface area (Å²) in [6.07, 6.45) is 4.54. The summed E-state index contributed by atoms with van der Waals surface area (Å²) in [5, 5.41) is 2.94. The molecule has 0 saturated carbocycles. The van der Waals surface area contributed by atoms with Crippen LogP contribution >= 0.6 is 11.8 Å². The summed E-state index contributed by atoms with van der Waals surface area (Å²) in [5.41, 5.74) is 4.41. The van der Waals surface area contributed by atoms with Crippen LogP contribution < -0.4 is 16.6 Å². The normalized spacial score (nSPS) is 12.0. The van der Waals surface area contributed by atoms with Crippen LogP contribution in [0.5, 0.6) is 0 Å². The molecule has 1 amide bonds. The Hall–Kier alpha value is -1.27. The second kappa shape index (κ2) is 7.23. The van der Waals surface area contributed by atoms with Crippen molar-refractivity contribution >= 4 is 23.4 Å². The van der Waals surface area contributed by atoms with Crippen molar-refractivity contribution in [3.05, 3.63) is 23.5 Å². The van der Waals surface area contributed by atoms with E-state index in [0.717, 1.165) is 17.9 Å². The minimum Gasteiger partial charge on any atom is -0.349 e. The van der Waals surface area contributed by atoms with Gasteiger partial charge in [0.15, 0.2) is 0 Å². The van der Waals surface area contributed by atoms with E-state index in [2.05, 4.69) is 22.0 Å². The molecule has 0 aliphatic carbocycles. The lowest BCUT2D eigenvalue weighted by Crippen LogP contribution is -2.33. The molecule has 1 rings (SSSR count). The zero-order valence-corrected chi connectivity index (χ0v) is 11.8. The zero-order valence-electron chi connectivity index (χ0n) is 11.0. The second-order valence-electron chi connectivity index (χ2n) is 4.17. The lowest BCUT2D eigenvalue weighted by Gasteiger charge is -2.15. The molecule has 1 heterocycles. The van der Waals surface area contributed by atoms with E-state index in [9.17, 15) is 4.79 Å². The predicted octanol–water partition coefficient (Wildman–Crippen LogP) is 1.55. The number of nitrogen functional groups attached to an aromatic ring is 1. The first-order valence-corrected chi connectivity index (χ1v) is 7.21. The molecule has 100 valence electrons. The standard InChI is InChI=1S/C12H20N4OS/c1-8(4-5-18-3)15-12(17)10-7-14-9(2)6-11(10)16-13/h6-8H,4-5,13H2,1-3H3,(H,14,16)(H,15,17). The number of aryl methyl sites for hydroxylation is 1. The van der Waals surface area contributed by atoms with Crippen molar-refractivity contribution < 1.29 is 4.79 Å². The van der Waals surface area contributed by atoms with Gasteiger partial charge in [-0.2, -0.15) is 11.8 Å². The molecule has 18 heavy (non-hydrogen) atoms. The maximum Gasteiger partial charge on any atom is 0.255 e. The van der Waals surface area contributed by atoms with Crippen LogP contribution in [0.1, 0.15) is 29.4 Å². The fourth-order valence-electron chi connectivity index (χ4n) is 1.53. The quantitative estimate of drug-likeness (QED) is 0.539. The zero-order chi connectivity index (χ0) is 13.5. The molecule has 1 unspecified atom stereocenters. The second-order valence-corrected chi connectivity index (χ2v) is 5.16. The van der Waals surface area contributed by atoms with Crippen LogP contribution in [0.2, 0.25) is 0 Å². The molecule has 1 aromatic rings. The third-order valence-corrected chi connectivity index (χ3v) is 3.22. The van der Waals surface area contributed by atoms with E-state index >= 15 is 0 Å². The number of anilines is 1. The predicted molar refractivity (Wildman–Crippen MR) is 76.7 cm³/mol. The molecule has 0 saturated heterocycles. The molecule has 0 bridgehead atoms. The first kappa shape index (κ1) is 14.8. The van der Waals surface area contributed by atoms with E-state index in [0.29, 0.717) is 11.3 Å². The van der Waals surface area contributed by atoms with Crippen LogP contribution in [-0.2, 0) is 0 Å². The van der Waals surface area contributed by atoms with E-state index in [-0.39, 0.29) is 11.9 Å². The van der Waals surface area contributed by atoms with Crippen molar-refractivity contribution in [2.45, 2.75) is 26.3 Å². The van der Waals surface area contributed by atoms with E-state index < -0.39 is 0 Å². The van der Waals surface area contributed by atoms with Gasteiger partial charge in [0.05, 0.1) is 11.3 Å². The lowest BCUT2D eigenvalue weighted by molar-refractivity contribution is 0.0940. The van der Waals surface area contributed by atoms with Crippen molar-refractivity contribution in [3.63, 3.8) is 0 Å². The van der Waals surface area contributed by atoms with E-state index in [1.807, 2.05) is 13.8 Å². The number of thioether (sulfide) groups is 1. The molecule has 5 nitrogen and oxygen atoms in total. The molecule has 1 atom stereocenters. The van der Waals surface area contributed by atoms with Gasteiger partial charge in [0.1, 0.15) is 0 Å². The average molecular weight is 268 g/mol. The van der Waals surface area contributed by atoms with Crippen LogP contribution in [0, 0.1) is 6.92 Å². The number of hydrazine groups is 1. The molecular weight excluding hydrogens is 248 g/mol. The summed E-state index contributed by atoms with van der Waals surface area (Å²) >= 11 is 1.77. The molecule has 0 spiro atoms. The number of nitrogens with zero attached hydrogens (tertiary/aromatic N) is 1. The largest absolute Gasteiger partial charge is 0.349 e. The van der Waals surface area contributed by atoms with Crippen molar-refractivity contribution in [3.8, 4) is 0 Å². The molecule has 0 aliphatic heterocycles. The summed E-state index contributed by atoms with van der Waals surface area (Å²) in [6.45, 7) is 3.84. The third-order valence-electron chi connectivity index (χ3n) is 2.57. The first-order chi connectivity index (χ1) is 8.58. The van der Waals surface area contributed by atoms with Crippen molar-refractivity contribution in [1.29, 1.82) is 0 Å². The number of carbonyl (C=O) groups excluding carboxylic acids is 1. The van der Waals surface area contributed by atoms with Gasteiger partial charge in [0, 0.05) is 17.9 Å². The highest BCUT2D eigenvalue weighted by molar-refractivity contribution is 7.98. The Bertz CT molecular complexity index is 411. The minimum absolute atomic E-state index is 0.136. The average Bonchev–Trinajstić information content (AvgIpc) is 2.35. The molecule has 0 fully saturated rings. The summed E-state index contributed by atoms with van der Waals surface area (Å²) in [6, 6.07) is 1.89. The highest BCUT2D eigenvalue weighted by Crippen LogP contribution is 2.14. The summed E-state index contributed by atoms with van der Waals surface area (Å²) in [4.78, 5) is 16.2. The van der Waals surface area contributed by atoms with Crippen LogP contribution in [0.4, 0.5) is 5.69 Å². The lowest BCUT2D eigenvalue weighted by atomic mass is 10.1. The number of hydrogen-bond acceptors (Lipinski definition) is 5. The summed E-state index contributed by atoms with van der Waals surface area (Å²) < 4.78 is 0. The number of amides is 1. The van der Waals surface area contributed by atoms with Gasteiger partial charge in [-0.1, -0.05) is 0 Å². The highest BCUT2D eigenvalue weighted by atomic mass is 32.2. The van der Waals surface area contributed by atoms with Gasteiger partial charge in [-0.3, -0.25) is 15.6 Å². The van der Waals surface area contributed by atoms with Crippen LogP contribution in [0.15, 0.2) is 12.3 Å². The van der Waals surface area contributed by atoms with Crippen molar-refractivity contribution in [1.82, 2.24) is 10.3 Å². The minimum atomic E-state index is -0.149. The van der Waals surface area contributed by atoms with Gasteiger partial charge >= 0.3 is 0 Å². The third kappa shape index (κ3) is 4.19. The van der Waals surface area contributed by atoms with Crippen LogP contribution in [0.25, 0.3) is 0 Å². The summed E-state index contributed by atoms with van der Waals surface area (Å²) in [7, 11) is 0. The molecule has 6 heteroatoms. The smallest absolute Gasteiger partial charge is 0.255 e. The number of nitrogens with one attached hydrogen (secondary N) is 2. The van der Waals surface area contributed by atoms with Crippen LogP contribution in [-0.4, -0.2) is 28.9 Å². The van der Waals surface area contributed by atoms with Gasteiger partial charge in [0.2, 0.25) is 0 Å². The van der Waals surface area contributed by atoms with Gasteiger partial charge in [0.25, 0.3) is 5.91 Å². The topological polar surface area (TPSA) is 80.0 Å². The van der Waals surface area contributed by atoms with Gasteiger partial charge in [-0.05, 0) is 38.3 Å². The fraction of sp³-hybridized carbons (Fsp3) is 0.500. The molecule has 4 N–H and O–H groups in total. The number of carbonyl (C=O) groups is 1. The number of pyridine rings is 1. The van der Waals surface area contributed by atoms with Crippen molar-refractivity contribution in [2.75, 3.05) is 17.4 Å². The Kier molecular flexibility index (Phi) is 5.94. The molecular formula is C12H20N4OS. The van der Waals surface area contributed by atoms with E-state index in [1.54, 1.807) is 24.0 Å². The Morgan fingerprint density at radius 2 is 2.33 bits per heavy atom. The fourth-order valence-corrected chi connectivity index (χ4v) is 2.12. The van der Waals surface area contributed by atoms with Crippen LogP contribution in [0.3, 0.4) is 0 Å². The highest BCUT2D eigenvalue weighted by Gasteiger charge is 2.14. The Morgan fingerprint density at radius 3 is 2.94 bits per heavy atom. The van der Waals surface area contributed by atoms with Gasteiger partial charge < -0.3 is 10.7 Å². The van der Waals surface area contributed by atoms with Crippen molar-refractivity contribution in [2.24, 2.45) is 5.84 Å². The number of hydrogen-bond donors (Lipinski definition) is 3. The van der Waals surface area contributed by atoms with E-state index in [4.69, 9.17) is 5.84 Å². The number of aromatic nitrogens is 1. The Balaban J connectivity index is 2.72. The van der Waals surface area contributed by atoms with Gasteiger partial charge in [-0.15, -0.1) is 0 Å². The maximum atomic E-state index is 12.1. The molecule has 1 aromatic heterocycles. The monoisotopic (exact) mass is 268 g/mol. The Morgan fingerprint density at radius 1 is 1.61 bits per heavy atom. The summed E-state index contributed by atoms with van der Waals surface area (Å²) in [5.74, 6) is 6.28.